The SMILES string of the molecule is C=CCCOc1ccc(COC2CCC(c3ccc(-c4ccc(C(C)O)cc4)c(F)c3F)CC2)c(F)c1. The second-order valence-electron chi connectivity index (χ2n) is 9.59. The van der Waals surface area contributed by atoms with Gasteiger partial charge in [0.05, 0.1) is 25.4 Å². The molecule has 0 heterocycles. The van der Waals surface area contributed by atoms with Crippen molar-refractivity contribution < 1.29 is 27.8 Å². The minimum atomic E-state index is -0.854. The van der Waals surface area contributed by atoms with Crippen molar-refractivity contribution in [2.45, 2.75) is 63.8 Å². The lowest BCUT2D eigenvalue weighted by atomic mass is 9.82. The molecular weight excluding hydrogens is 477 g/mol. The van der Waals surface area contributed by atoms with Crippen LogP contribution < -0.4 is 4.74 Å². The van der Waals surface area contributed by atoms with Crippen LogP contribution in [0.15, 0.2) is 67.3 Å². The fourth-order valence-electron chi connectivity index (χ4n) is 4.79. The summed E-state index contributed by atoms with van der Waals surface area (Å²) in [4.78, 5) is 0. The van der Waals surface area contributed by atoms with Crippen LogP contribution in [-0.4, -0.2) is 17.8 Å². The monoisotopic (exact) mass is 510 g/mol. The van der Waals surface area contributed by atoms with Crippen molar-refractivity contribution >= 4 is 0 Å². The van der Waals surface area contributed by atoms with Gasteiger partial charge in [0.25, 0.3) is 0 Å². The van der Waals surface area contributed by atoms with Crippen molar-refractivity contribution in [3.05, 3.63) is 101 Å². The molecule has 1 fully saturated rings. The Balaban J connectivity index is 1.33. The molecule has 196 valence electrons. The summed E-state index contributed by atoms with van der Waals surface area (Å²) in [7, 11) is 0. The van der Waals surface area contributed by atoms with E-state index in [0.29, 0.717) is 66.7 Å². The predicted octanol–water partition coefficient (Wildman–Crippen LogP) is 8.02. The third kappa shape index (κ3) is 6.62. The van der Waals surface area contributed by atoms with E-state index in [2.05, 4.69) is 6.58 Å². The van der Waals surface area contributed by atoms with Gasteiger partial charge in [0, 0.05) is 17.2 Å². The topological polar surface area (TPSA) is 38.7 Å². The van der Waals surface area contributed by atoms with Crippen LogP contribution in [-0.2, 0) is 11.3 Å². The standard InChI is InChI=1S/C31H33F3O3/c1-3-4-17-36-26-14-11-24(29(32)18-26)19-37-25-12-9-23(10-13-25)28-16-15-27(30(33)31(28)34)22-7-5-21(6-8-22)20(2)35/h3,5-8,11,14-16,18,20,23,25,35H,1,4,9-10,12-13,17,19H2,2H3. The fourth-order valence-corrected chi connectivity index (χ4v) is 4.79. The average molecular weight is 511 g/mol. The summed E-state index contributed by atoms with van der Waals surface area (Å²) in [6.45, 7) is 5.89. The molecule has 0 amide bonds. The van der Waals surface area contributed by atoms with Crippen LogP contribution >= 0.6 is 0 Å². The molecule has 0 spiro atoms. The Morgan fingerprint density at radius 2 is 1.70 bits per heavy atom. The van der Waals surface area contributed by atoms with Gasteiger partial charge in [-0.15, -0.1) is 6.58 Å². The number of hydrogen-bond donors (Lipinski definition) is 1. The molecule has 3 nitrogen and oxygen atoms in total. The van der Waals surface area contributed by atoms with E-state index >= 15 is 8.78 Å². The Labute approximate surface area is 216 Å². The van der Waals surface area contributed by atoms with E-state index < -0.39 is 17.7 Å². The van der Waals surface area contributed by atoms with Crippen molar-refractivity contribution in [2.75, 3.05) is 6.61 Å². The van der Waals surface area contributed by atoms with E-state index in [9.17, 15) is 9.50 Å². The molecule has 1 saturated carbocycles. The number of benzene rings is 3. The lowest BCUT2D eigenvalue weighted by molar-refractivity contribution is 0.0118. The van der Waals surface area contributed by atoms with Gasteiger partial charge in [0.15, 0.2) is 11.6 Å². The fraction of sp³-hybridized carbons (Fsp3) is 0.355. The van der Waals surface area contributed by atoms with Crippen LogP contribution in [0.25, 0.3) is 11.1 Å². The summed E-state index contributed by atoms with van der Waals surface area (Å²) in [5, 5.41) is 9.66. The average Bonchev–Trinajstić information content (AvgIpc) is 2.90. The van der Waals surface area contributed by atoms with Gasteiger partial charge in [-0.2, -0.15) is 0 Å². The summed E-state index contributed by atoms with van der Waals surface area (Å²) in [5.41, 5.74) is 2.33. The highest BCUT2D eigenvalue weighted by Crippen LogP contribution is 2.38. The minimum Gasteiger partial charge on any atom is -0.493 e. The van der Waals surface area contributed by atoms with E-state index in [-0.39, 0.29) is 30.0 Å². The predicted molar refractivity (Wildman–Crippen MR) is 139 cm³/mol. The zero-order valence-electron chi connectivity index (χ0n) is 21.1. The van der Waals surface area contributed by atoms with Crippen LogP contribution in [0, 0.1) is 17.5 Å². The quantitative estimate of drug-likeness (QED) is 0.222. The molecular formula is C31H33F3O3. The Morgan fingerprint density at radius 3 is 2.35 bits per heavy atom. The highest BCUT2D eigenvalue weighted by atomic mass is 19.2. The second-order valence-corrected chi connectivity index (χ2v) is 9.59. The molecule has 6 heteroatoms. The van der Waals surface area contributed by atoms with E-state index in [1.807, 2.05) is 0 Å². The number of aliphatic hydroxyl groups excluding tert-OH is 1. The zero-order valence-corrected chi connectivity index (χ0v) is 21.1. The molecule has 3 aromatic carbocycles. The summed E-state index contributed by atoms with van der Waals surface area (Å²) >= 11 is 0. The first-order valence-corrected chi connectivity index (χ1v) is 12.8. The van der Waals surface area contributed by atoms with E-state index in [0.717, 1.165) is 0 Å². The Kier molecular flexibility index (Phi) is 9.06. The maximum absolute atomic E-state index is 15.1. The van der Waals surface area contributed by atoms with Crippen LogP contribution in [0.3, 0.4) is 0 Å². The molecule has 3 aromatic rings. The molecule has 1 aliphatic carbocycles. The number of halogens is 3. The summed E-state index contributed by atoms with van der Waals surface area (Å²) in [6, 6.07) is 14.9. The van der Waals surface area contributed by atoms with Crippen LogP contribution in [0.4, 0.5) is 13.2 Å². The molecule has 0 aliphatic heterocycles. The zero-order chi connectivity index (χ0) is 26.4. The molecule has 1 unspecified atom stereocenters. The van der Waals surface area contributed by atoms with Crippen molar-refractivity contribution in [3.63, 3.8) is 0 Å². The number of rotatable bonds is 10. The summed E-state index contributed by atoms with van der Waals surface area (Å²) in [5.74, 6) is -1.65. The van der Waals surface area contributed by atoms with Gasteiger partial charge in [-0.05, 0) is 67.7 Å². The molecule has 0 radical (unpaired) electrons. The van der Waals surface area contributed by atoms with Crippen LogP contribution in [0.1, 0.15) is 67.7 Å². The summed E-state index contributed by atoms with van der Waals surface area (Å²) in [6.07, 6.45) is 4.48. The first-order chi connectivity index (χ1) is 17.9. The van der Waals surface area contributed by atoms with Gasteiger partial charge in [-0.1, -0.05) is 48.5 Å². The lowest BCUT2D eigenvalue weighted by Crippen LogP contribution is -2.21. The molecule has 1 atom stereocenters. The summed E-state index contributed by atoms with van der Waals surface area (Å²) < 4.78 is 55.9. The normalized spacial score (nSPS) is 18.4. The van der Waals surface area contributed by atoms with Crippen molar-refractivity contribution in [3.8, 4) is 16.9 Å². The van der Waals surface area contributed by atoms with E-state index in [1.54, 1.807) is 61.5 Å². The maximum Gasteiger partial charge on any atom is 0.166 e. The Hall–Kier alpha value is -3.09. The lowest BCUT2D eigenvalue weighted by Gasteiger charge is -2.29. The molecule has 4 rings (SSSR count). The maximum atomic E-state index is 15.1. The number of aliphatic hydroxyl groups is 1. The molecule has 1 aliphatic rings. The van der Waals surface area contributed by atoms with Crippen molar-refractivity contribution in [1.29, 1.82) is 0 Å². The molecule has 0 saturated heterocycles. The van der Waals surface area contributed by atoms with Crippen LogP contribution in [0.5, 0.6) is 5.75 Å². The highest BCUT2D eigenvalue weighted by Gasteiger charge is 2.27. The van der Waals surface area contributed by atoms with Crippen molar-refractivity contribution in [1.82, 2.24) is 0 Å². The third-order valence-corrected chi connectivity index (χ3v) is 7.02. The highest BCUT2D eigenvalue weighted by molar-refractivity contribution is 5.65. The molecule has 37 heavy (non-hydrogen) atoms. The van der Waals surface area contributed by atoms with Crippen molar-refractivity contribution in [2.24, 2.45) is 0 Å². The second kappa shape index (κ2) is 12.4. The van der Waals surface area contributed by atoms with Gasteiger partial charge in [-0.25, -0.2) is 13.2 Å². The van der Waals surface area contributed by atoms with E-state index in [1.165, 1.54) is 6.07 Å². The number of ether oxygens (including phenoxy) is 2. The Morgan fingerprint density at radius 1 is 0.973 bits per heavy atom. The van der Waals surface area contributed by atoms with E-state index in [4.69, 9.17) is 9.47 Å². The smallest absolute Gasteiger partial charge is 0.166 e. The van der Waals surface area contributed by atoms with Gasteiger partial charge < -0.3 is 14.6 Å². The van der Waals surface area contributed by atoms with Gasteiger partial charge in [0.1, 0.15) is 11.6 Å². The first-order valence-electron chi connectivity index (χ1n) is 12.8. The molecule has 1 N–H and O–H groups in total. The van der Waals surface area contributed by atoms with Crippen LogP contribution in [0.2, 0.25) is 0 Å². The van der Waals surface area contributed by atoms with Gasteiger partial charge in [0.2, 0.25) is 0 Å². The molecule has 0 aromatic heterocycles. The largest absolute Gasteiger partial charge is 0.493 e. The molecule has 0 bridgehead atoms. The number of hydrogen-bond acceptors (Lipinski definition) is 3. The van der Waals surface area contributed by atoms with Gasteiger partial charge >= 0.3 is 0 Å². The third-order valence-electron chi connectivity index (χ3n) is 7.02. The first kappa shape index (κ1) is 27.0. The minimum absolute atomic E-state index is 0.0567. The Bertz CT molecular complexity index is 1200. The van der Waals surface area contributed by atoms with Gasteiger partial charge in [-0.3, -0.25) is 0 Å².